The van der Waals surface area contributed by atoms with Gasteiger partial charge in [-0.2, -0.15) is 4.98 Å². The second-order valence-electron chi connectivity index (χ2n) is 4.75. The van der Waals surface area contributed by atoms with Gasteiger partial charge in [0.2, 0.25) is 5.88 Å². The Kier molecular flexibility index (Phi) is 5.53. The molecule has 0 aliphatic rings. The second kappa shape index (κ2) is 7.38. The number of benzene rings is 1. The lowest BCUT2D eigenvalue weighted by molar-refractivity contribution is 0.267. The molecule has 0 saturated heterocycles. The van der Waals surface area contributed by atoms with Gasteiger partial charge in [-0.15, -0.1) is 0 Å². The third-order valence-corrected chi connectivity index (χ3v) is 3.62. The molecule has 0 fully saturated rings. The van der Waals surface area contributed by atoms with E-state index in [-0.39, 0.29) is 6.61 Å². The lowest BCUT2D eigenvalue weighted by Gasteiger charge is -2.14. The molecule has 0 aliphatic carbocycles. The lowest BCUT2D eigenvalue weighted by Crippen LogP contribution is -2.09. The normalized spacial score (nSPS) is 10.7. The number of methoxy groups -OCH3 is 1. The number of hydrogen-bond acceptors (Lipinski definition) is 4. The van der Waals surface area contributed by atoms with Gasteiger partial charge in [-0.05, 0) is 18.1 Å². The van der Waals surface area contributed by atoms with Crippen LogP contribution in [0.15, 0.2) is 24.3 Å². The van der Waals surface area contributed by atoms with Crippen LogP contribution in [0.4, 0.5) is 0 Å². The van der Waals surface area contributed by atoms with Crippen LogP contribution in [-0.2, 0) is 19.4 Å². The van der Waals surface area contributed by atoms with E-state index in [1.54, 1.807) is 7.11 Å². The zero-order valence-corrected chi connectivity index (χ0v) is 13.0. The van der Waals surface area contributed by atoms with Crippen LogP contribution < -0.4 is 4.74 Å². The van der Waals surface area contributed by atoms with Crippen LogP contribution in [0.5, 0.6) is 5.88 Å². The average molecular weight is 307 g/mol. The molecule has 1 aromatic heterocycles. The van der Waals surface area contributed by atoms with Crippen LogP contribution in [0.25, 0.3) is 0 Å². The minimum Gasteiger partial charge on any atom is -0.481 e. The maximum absolute atomic E-state index is 9.27. The third-order valence-electron chi connectivity index (χ3n) is 3.25. The van der Waals surface area contributed by atoms with Gasteiger partial charge in [0.1, 0.15) is 6.61 Å². The monoisotopic (exact) mass is 306 g/mol. The molecule has 0 saturated carbocycles. The summed E-state index contributed by atoms with van der Waals surface area (Å²) in [7, 11) is 1.58. The van der Waals surface area contributed by atoms with Crippen LogP contribution >= 0.6 is 11.6 Å². The Morgan fingerprint density at radius 1 is 1.24 bits per heavy atom. The summed E-state index contributed by atoms with van der Waals surface area (Å²) < 4.78 is 5.38. The summed E-state index contributed by atoms with van der Waals surface area (Å²) >= 11 is 6.24. The first-order valence-electron chi connectivity index (χ1n) is 6.96. The number of aryl methyl sites for hydroxylation is 1. The predicted octanol–water partition coefficient (Wildman–Crippen LogP) is 3.17. The molecule has 4 nitrogen and oxygen atoms in total. The van der Waals surface area contributed by atoms with Gasteiger partial charge in [-0.1, -0.05) is 43.1 Å². The Labute approximate surface area is 129 Å². The fourth-order valence-corrected chi connectivity index (χ4v) is 2.45. The molecule has 0 bridgehead atoms. The van der Waals surface area contributed by atoms with Crippen molar-refractivity contribution >= 4 is 11.6 Å². The van der Waals surface area contributed by atoms with Gasteiger partial charge in [0, 0.05) is 17.0 Å². The Morgan fingerprint density at radius 3 is 2.62 bits per heavy atom. The molecule has 0 amide bonds. The van der Waals surface area contributed by atoms with E-state index < -0.39 is 0 Å². The van der Waals surface area contributed by atoms with E-state index >= 15 is 0 Å². The van der Waals surface area contributed by atoms with E-state index in [0.29, 0.717) is 23.1 Å². The summed E-state index contributed by atoms with van der Waals surface area (Å²) in [5.41, 5.74) is 2.85. The molecule has 1 heterocycles. The van der Waals surface area contributed by atoms with Crippen molar-refractivity contribution in [1.29, 1.82) is 0 Å². The maximum Gasteiger partial charge on any atom is 0.220 e. The van der Waals surface area contributed by atoms with Crippen molar-refractivity contribution in [3.63, 3.8) is 0 Å². The highest BCUT2D eigenvalue weighted by Crippen LogP contribution is 2.26. The van der Waals surface area contributed by atoms with Crippen molar-refractivity contribution in [3.8, 4) is 5.88 Å². The van der Waals surface area contributed by atoms with E-state index in [1.807, 2.05) is 24.3 Å². The smallest absolute Gasteiger partial charge is 0.220 e. The molecular formula is C16H19ClN2O2. The molecule has 2 aromatic rings. The fourth-order valence-electron chi connectivity index (χ4n) is 2.25. The molecule has 112 valence electrons. The standard InChI is InChI=1S/C16H19ClN2O2/c1-3-6-14-12(9-11-7-4-5-8-13(11)17)16(21-2)19-15(10-20)18-14/h4-5,7-8,20H,3,6,9-10H2,1-2H3. The average Bonchev–Trinajstić information content (AvgIpc) is 2.51. The van der Waals surface area contributed by atoms with E-state index in [9.17, 15) is 5.11 Å². The van der Waals surface area contributed by atoms with Crippen molar-refractivity contribution < 1.29 is 9.84 Å². The molecule has 0 aliphatic heterocycles. The molecule has 1 N–H and O–H groups in total. The largest absolute Gasteiger partial charge is 0.481 e. The van der Waals surface area contributed by atoms with E-state index in [4.69, 9.17) is 16.3 Å². The Bertz CT molecular complexity index is 617. The van der Waals surface area contributed by atoms with Gasteiger partial charge in [-0.25, -0.2) is 4.98 Å². The summed E-state index contributed by atoms with van der Waals surface area (Å²) in [6.07, 6.45) is 2.39. The van der Waals surface area contributed by atoms with Crippen LogP contribution in [0.3, 0.4) is 0 Å². The topological polar surface area (TPSA) is 55.2 Å². The first-order valence-corrected chi connectivity index (χ1v) is 7.34. The SMILES string of the molecule is CCCc1nc(CO)nc(OC)c1Cc1ccccc1Cl. The maximum atomic E-state index is 9.27. The first-order chi connectivity index (χ1) is 10.2. The summed E-state index contributed by atoms with van der Waals surface area (Å²) in [6.45, 7) is 1.89. The summed E-state index contributed by atoms with van der Waals surface area (Å²) in [5.74, 6) is 0.899. The molecule has 5 heteroatoms. The van der Waals surface area contributed by atoms with Crippen molar-refractivity contribution in [2.24, 2.45) is 0 Å². The summed E-state index contributed by atoms with van der Waals surface area (Å²) in [6, 6.07) is 7.71. The van der Waals surface area contributed by atoms with Crippen molar-refractivity contribution in [2.75, 3.05) is 7.11 Å². The molecular weight excluding hydrogens is 288 g/mol. The predicted molar refractivity (Wildman–Crippen MR) is 82.8 cm³/mol. The highest BCUT2D eigenvalue weighted by atomic mass is 35.5. The van der Waals surface area contributed by atoms with Gasteiger partial charge < -0.3 is 9.84 Å². The highest BCUT2D eigenvalue weighted by Gasteiger charge is 2.16. The number of aromatic nitrogens is 2. The van der Waals surface area contributed by atoms with E-state index in [2.05, 4.69) is 16.9 Å². The van der Waals surface area contributed by atoms with Crippen LogP contribution in [-0.4, -0.2) is 22.2 Å². The number of ether oxygens (including phenoxy) is 1. The Morgan fingerprint density at radius 2 is 2.00 bits per heavy atom. The summed E-state index contributed by atoms with van der Waals surface area (Å²) in [5, 5.41) is 9.99. The van der Waals surface area contributed by atoms with Gasteiger partial charge in [0.05, 0.1) is 12.8 Å². The number of nitrogens with zero attached hydrogens (tertiary/aromatic N) is 2. The molecule has 2 rings (SSSR count). The Hall–Kier alpha value is -1.65. The van der Waals surface area contributed by atoms with Crippen molar-refractivity contribution in [3.05, 3.63) is 51.9 Å². The minimum absolute atomic E-state index is 0.195. The van der Waals surface area contributed by atoms with Crippen LogP contribution in [0, 0.1) is 0 Å². The number of hydrogen-bond donors (Lipinski definition) is 1. The van der Waals surface area contributed by atoms with Gasteiger partial charge in [-0.3, -0.25) is 0 Å². The minimum atomic E-state index is -0.195. The van der Waals surface area contributed by atoms with Crippen LogP contribution in [0.1, 0.15) is 36.0 Å². The quantitative estimate of drug-likeness (QED) is 0.890. The number of halogens is 1. The zero-order chi connectivity index (χ0) is 15.2. The molecule has 0 radical (unpaired) electrons. The van der Waals surface area contributed by atoms with Gasteiger partial charge in [0.25, 0.3) is 0 Å². The molecule has 0 spiro atoms. The molecule has 0 unspecified atom stereocenters. The van der Waals surface area contributed by atoms with Crippen molar-refractivity contribution in [1.82, 2.24) is 9.97 Å². The third kappa shape index (κ3) is 3.71. The highest BCUT2D eigenvalue weighted by molar-refractivity contribution is 6.31. The fraction of sp³-hybridized carbons (Fsp3) is 0.375. The lowest BCUT2D eigenvalue weighted by atomic mass is 10.0. The molecule has 0 atom stereocenters. The van der Waals surface area contributed by atoms with Crippen molar-refractivity contribution in [2.45, 2.75) is 32.8 Å². The van der Waals surface area contributed by atoms with Gasteiger partial charge >= 0.3 is 0 Å². The molecule has 21 heavy (non-hydrogen) atoms. The number of rotatable bonds is 6. The van der Waals surface area contributed by atoms with E-state index in [1.165, 1.54) is 0 Å². The van der Waals surface area contributed by atoms with E-state index in [0.717, 1.165) is 29.7 Å². The second-order valence-corrected chi connectivity index (χ2v) is 5.16. The zero-order valence-electron chi connectivity index (χ0n) is 12.3. The first kappa shape index (κ1) is 15.7. The Balaban J connectivity index is 2.47. The summed E-state index contributed by atoms with van der Waals surface area (Å²) in [4.78, 5) is 8.68. The number of aliphatic hydroxyl groups is 1. The number of aliphatic hydroxyl groups excluding tert-OH is 1. The molecule has 1 aromatic carbocycles. The van der Waals surface area contributed by atoms with Crippen LogP contribution in [0.2, 0.25) is 5.02 Å². The van der Waals surface area contributed by atoms with Gasteiger partial charge in [0.15, 0.2) is 5.82 Å².